The number of amides is 1. The van der Waals surface area contributed by atoms with Crippen LogP contribution in [0.25, 0.3) is 5.78 Å². The van der Waals surface area contributed by atoms with Crippen molar-refractivity contribution in [1.82, 2.24) is 24.9 Å². The monoisotopic (exact) mass is 341 g/mol. The van der Waals surface area contributed by atoms with E-state index in [-0.39, 0.29) is 17.8 Å². The molecule has 0 aliphatic carbocycles. The molecule has 2 aromatic heterocycles. The Hall–Kier alpha value is -3.16. The van der Waals surface area contributed by atoms with Gasteiger partial charge in [0, 0.05) is 23.5 Å². The summed E-state index contributed by atoms with van der Waals surface area (Å²) in [7, 11) is 3.16. The minimum atomic E-state index is -0.379. The molecular weight excluding hydrogens is 322 g/mol. The molecule has 0 aliphatic heterocycles. The number of carbonyl (C=O) groups is 1. The zero-order valence-corrected chi connectivity index (χ0v) is 14.5. The quantitative estimate of drug-likeness (QED) is 0.763. The Kier molecular flexibility index (Phi) is 4.51. The van der Waals surface area contributed by atoms with Crippen LogP contribution in [0.4, 0.5) is 0 Å². The number of nitrogens with one attached hydrogen (secondary N) is 1. The number of fused-ring (bicyclic) bond motifs is 1. The van der Waals surface area contributed by atoms with Gasteiger partial charge in [-0.1, -0.05) is 0 Å². The molecule has 1 amide bonds. The molecule has 1 aromatic carbocycles. The van der Waals surface area contributed by atoms with Crippen molar-refractivity contribution in [2.24, 2.45) is 0 Å². The molecule has 2 heterocycles. The molecule has 0 spiro atoms. The highest BCUT2D eigenvalue weighted by Gasteiger charge is 2.19. The maximum atomic E-state index is 12.5. The number of benzene rings is 1. The van der Waals surface area contributed by atoms with Gasteiger partial charge in [0.1, 0.15) is 11.5 Å². The van der Waals surface area contributed by atoms with Gasteiger partial charge in [-0.3, -0.25) is 4.79 Å². The van der Waals surface area contributed by atoms with Gasteiger partial charge in [0.15, 0.2) is 0 Å². The van der Waals surface area contributed by atoms with Crippen molar-refractivity contribution in [2.75, 3.05) is 14.2 Å². The minimum absolute atomic E-state index is 0.0705. The first-order valence-electron chi connectivity index (χ1n) is 7.74. The minimum Gasteiger partial charge on any atom is -0.497 e. The summed E-state index contributed by atoms with van der Waals surface area (Å²) < 4.78 is 12.1. The van der Waals surface area contributed by atoms with Crippen LogP contribution in [0.15, 0.2) is 30.5 Å². The number of aromatic nitrogens is 4. The molecule has 1 unspecified atom stereocenters. The maximum Gasteiger partial charge on any atom is 0.291 e. The molecule has 0 saturated heterocycles. The first kappa shape index (κ1) is 16.7. The van der Waals surface area contributed by atoms with E-state index in [1.165, 1.54) is 4.52 Å². The van der Waals surface area contributed by atoms with E-state index in [1.54, 1.807) is 32.5 Å². The number of ether oxygens (including phenoxy) is 2. The van der Waals surface area contributed by atoms with E-state index >= 15 is 0 Å². The van der Waals surface area contributed by atoms with Gasteiger partial charge in [0.2, 0.25) is 5.82 Å². The summed E-state index contributed by atoms with van der Waals surface area (Å²) >= 11 is 0. The summed E-state index contributed by atoms with van der Waals surface area (Å²) in [5.74, 6) is 1.39. The summed E-state index contributed by atoms with van der Waals surface area (Å²) in [6, 6.07) is 6.94. The molecule has 1 atom stereocenters. The van der Waals surface area contributed by atoms with Crippen molar-refractivity contribution in [2.45, 2.75) is 19.9 Å². The molecule has 1 N–H and O–H groups in total. The highest BCUT2D eigenvalue weighted by molar-refractivity contribution is 5.91. The van der Waals surface area contributed by atoms with E-state index in [0.717, 1.165) is 11.3 Å². The second kappa shape index (κ2) is 6.76. The second-order valence-corrected chi connectivity index (χ2v) is 5.54. The van der Waals surface area contributed by atoms with Crippen molar-refractivity contribution in [3.8, 4) is 11.5 Å². The summed E-state index contributed by atoms with van der Waals surface area (Å²) in [4.78, 5) is 20.8. The molecule has 0 aliphatic rings. The Labute approximate surface area is 144 Å². The lowest BCUT2D eigenvalue weighted by atomic mass is 10.1. The standard InChI is InChI=1S/C17H19N5O3/c1-10-7-8-18-17-20-15(21-22(10)17)16(23)19-11(2)13-6-5-12(24-3)9-14(13)25-4/h5-9,11H,1-4H3,(H,19,23). The molecule has 130 valence electrons. The number of carbonyl (C=O) groups excluding carboxylic acids is 1. The summed E-state index contributed by atoms with van der Waals surface area (Å²) in [6.45, 7) is 3.73. The summed E-state index contributed by atoms with van der Waals surface area (Å²) in [5.41, 5.74) is 1.68. The maximum absolute atomic E-state index is 12.5. The largest absolute Gasteiger partial charge is 0.497 e. The fourth-order valence-corrected chi connectivity index (χ4v) is 2.52. The molecule has 0 radical (unpaired) electrons. The van der Waals surface area contributed by atoms with E-state index < -0.39 is 0 Å². The van der Waals surface area contributed by atoms with Gasteiger partial charge in [0.05, 0.1) is 20.3 Å². The van der Waals surface area contributed by atoms with Crippen LogP contribution < -0.4 is 14.8 Å². The SMILES string of the molecule is COc1ccc(C(C)NC(=O)c2nc3nccc(C)n3n2)c(OC)c1. The van der Waals surface area contributed by atoms with Gasteiger partial charge in [-0.25, -0.2) is 9.50 Å². The second-order valence-electron chi connectivity index (χ2n) is 5.54. The van der Waals surface area contributed by atoms with Crippen molar-refractivity contribution in [3.63, 3.8) is 0 Å². The van der Waals surface area contributed by atoms with E-state index in [2.05, 4.69) is 20.4 Å². The highest BCUT2D eigenvalue weighted by Crippen LogP contribution is 2.29. The van der Waals surface area contributed by atoms with Crippen LogP contribution in [-0.2, 0) is 0 Å². The zero-order valence-electron chi connectivity index (χ0n) is 14.5. The molecule has 25 heavy (non-hydrogen) atoms. The summed E-state index contributed by atoms with van der Waals surface area (Å²) in [5, 5.41) is 7.09. The third-order valence-corrected chi connectivity index (χ3v) is 3.89. The van der Waals surface area contributed by atoms with Crippen molar-refractivity contribution in [1.29, 1.82) is 0 Å². The van der Waals surface area contributed by atoms with Gasteiger partial charge >= 0.3 is 0 Å². The smallest absolute Gasteiger partial charge is 0.291 e. The Bertz CT molecular complexity index is 922. The van der Waals surface area contributed by atoms with Gasteiger partial charge in [0.25, 0.3) is 11.7 Å². The highest BCUT2D eigenvalue weighted by atomic mass is 16.5. The lowest BCUT2D eigenvalue weighted by Crippen LogP contribution is -2.28. The first-order chi connectivity index (χ1) is 12.0. The Balaban J connectivity index is 1.83. The number of hydrogen-bond donors (Lipinski definition) is 1. The molecule has 3 rings (SSSR count). The first-order valence-corrected chi connectivity index (χ1v) is 7.74. The van der Waals surface area contributed by atoms with Crippen LogP contribution >= 0.6 is 0 Å². The van der Waals surface area contributed by atoms with Crippen molar-refractivity contribution < 1.29 is 14.3 Å². The summed E-state index contributed by atoms with van der Waals surface area (Å²) in [6.07, 6.45) is 1.63. The van der Waals surface area contributed by atoms with Crippen molar-refractivity contribution in [3.05, 3.63) is 47.5 Å². The van der Waals surface area contributed by atoms with Crippen molar-refractivity contribution >= 4 is 11.7 Å². The molecule has 0 bridgehead atoms. The Morgan fingerprint density at radius 2 is 2.04 bits per heavy atom. The Morgan fingerprint density at radius 3 is 2.72 bits per heavy atom. The molecule has 0 saturated carbocycles. The number of methoxy groups -OCH3 is 2. The van der Waals surface area contributed by atoms with E-state index in [4.69, 9.17) is 9.47 Å². The molecule has 8 heteroatoms. The van der Waals surface area contributed by atoms with Gasteiger partial charge in [-0.2, -0.15) is 4.98 Å². The van der Waals surface area contributed by atoms with Crippen LogP contribution in [0, 0.1) is 6.92 Å². The van der Waals surface area contributed by atoms with Crippen LogP contribution in [-0.4, -0.2) is 39.7 Å². The lowest BCUT2D eigenvalue weighted by Gasteiger charge is -2.17. The lowest BCUT2D eigenvalue weighted by molar-refractivity contribution is 0.0929. The average Bonchev–Trinajstić information content (AvgIpc) is 3.07. The zero-order chi connectivity index (χ0) is 18.0. The van der Waals surface area contributed by atoms with Crippen LogP contribution in [0.3, 0.4) is 0 Å². The van der Waals surface area contributed by atoms with Crippen LogP contribution in [0.1, 0.15) is 34.8 Å². The number of nitrogens with zero attached hydrogens (tertiary/aromatic N) is 4. The fourth-order valence-electron chi connectivity index (χ4n) is 2.52. The molecule has 8 nitrogen and oxygen atoms in total. The predicted octanol–water partition coefficient (Wildman–Crippen LogP) is 1.94. The molecule has 0 fully saturated rings. The van der Waals surface area contributed by atoms with Gasteiger partial charge in [-0.15, -0.1) is 5.10 Å². The number of aryl methyl sites for hydroxylation is 1. The van der Waals surface area contributed by atoms with Crippen LogP contribution in [0.2, 0.25) is 0 Å². The topological polar surface area (TPSA) is 90.6 Å². The van der Waals surface area contributed by atoms with Gasteiger partial charge < -0.3 is 14.8 Å². The molecular formula is C17H19N5O3. The third-order valence-electron chi connectivity index (χ3n) is 3.89. The molecule has 3 aromatic rings. The third kappa shape index (κ3) is 3.23. The van der Waals surface area contributed by atoms with E-state index in [9.17, 15) is 4.79 Å². The number of hydrogen-bond acceptors (Lipinski definition) is 6. The van der Waals surface area contributed by atoms with E-state index in [0.29, 0.717) is 17.3 Å². The van der Waals surface area contributed by atoms with E-state index in [1.807, 2.05) is 26.0 Å². The van der Waals surface area contributed by atoms with Gasteiger partial charge in [-0.05, 0) is 32.0 Å². The Morgan fingerprint density at radius 1 is 1.24 bits per heavy atom. The fraction of sp³-hybridized carbons (Fsp3) is 0.294. The predicted molar refractivity (Wildman–Crippen MR) is 90.9 cm³/mol. The normalized spacial score (nSPS) is 12.0. The van der Waals surface area contributed by atoms with Crippen LogP contribution in [0.5, 0.6) is 11.5 Å². The average molecular weight is 341 g/mol. The number of rotatable bonds is 5.